The van der Waals surface area contributed by atoms with Crippen LogP contribution in [0.25, 0.3) is 0 Å². The Bertz CT molecular complexity index is 784. The van der Waals surface area contributed by atoms with Crippen LogP contribution in [0.15, 0.2) is 41.8 Å². The molecule has 0 N–H and O–H groups in total. The highest BCUT2D eigenvalue weighted by atomic mass is 32.2. The number of carbonyl (C=O) groups is 1. The molecule has 0 amide bonds. The van der Waals surface area contributed by atoms with Gasteiger partial charge >= 0.3 is 10.1 Å². The summed E-state index contributed by atoms with van der Waals surface area (Å²) in [5.74, 6) is 0.865. The first-order valence-electron chi connectivity index (χ1n) is 8.49. The van der Waals surface area contributed by atoms with E-state index < -0.39 is 15.4 Å². The van der Waals surface area contributed by atoms with Gasteiger partial charge in [0.1, 0.15) is 21.1 Å². The molecule has 0 spiro atoms. The van der Waals surface area contributed by atoms with Crippen molar-refractivity contribution in [2.45, 2.75) is 6.42 Å². The van der Waals surface area contributed by atoms with E-state index in [2.05, 4.69) is 15.9 Å². The number of nitrogens with zero attached hydrogens (tertiary/aromatic N) is 3. The van der Waals surface area contributed by atoms with Gasteiger partial charge in [-0.3, -0.25) is 15.0 Å². The van der Waals surface area contributed by atoms with Gasteiger partial charge in [-0.25, -0.2) is 4.79 Å². The van der Waals surface area contributed by atoms with Crippen LogP contribution >= 0.6 is 10.5 Å². The van der Waals surface area contributed by atoms with Crippen LogP contribution in [0.2, 0.25) is 0 Å². The van der Waals surface area contributed by atoms with Crippen molar-refractivity contribution in [3.63, 3.8) is 0 Å². The minimum absolute atomic E-state index is 0.0102. The largest absolute Gasteiger partial charge is 0.495 e. The summed E-state index contributed by atoms with van der Waals surface area (Å²) in [5, 5.41) is 12.6. The number of ether oxygens (including phenoxy) is 1. The molecule has 1 unspecified atom stereocenters. The average Bonchev–Trinajstić information content (AvgIpc) is 3.17. The number of rotatable bonds is 7. The van der Waals surface area contributed by atoms with Crippen LogP contribution < -0.4 is 9.64 Å². The second kappa shape index (κ2) is 8.29. The van der Waals surface area contributed by atoms with Gasteiger partial charge in [0.25, 0.3) is 0 Å². The lowest BCUT2D eigenvalue weighted by Gasteiger charge is -2.36. The molecule has 8 heteroatoms. The van der Waals surface area contributed by atoms with Gasteiger partial charge in [-0.15, -0.1) is 0 Å². The Morgan fingerprint density at radius 1 is 1.19 bits per heavy atom. The molecule has 1 atom stereocenters. The first-order valence-corrected chi connectivity index (χ1v) is 9.78. The van der Waals surface area contributed by atoms with Crippen LogP contribution in [-0.2, 0) is 0 Å². The highest BCUT2D eigenvalue weighted by molar-refractivity contribution is 7.52. The normalized spacial score (nSPS) is 15.7. The Kier molecular flexibility index (Phi) is 5.85. The molecule has 26 heavy (non-hydrogen) atoms. The van der Waals surface area contributed by atoms with Crippen molar-refractivity contribution >= 4 is 26.3 Å². The van der Waals surface area contributed by atoms with Gasteiger partial charge in [0.15, 0.2) is 5.38 Å². The maximum atomic E-state index is 12.3. The highest BCUT2D eigenvalue weighted by Gasteiger charge is 2.31. The van der Waals surface area contributed by atoms with Crippen LogP contribution in [0.4, 0.5) is 10.7 Å². The van der Waals surface area contributed by atoms with E-state index in [-0.39, 0.29) is 10.1 Å². The zero-order chi connectivity index (χ0) is 18.5. The third kappa shape index (κ3) is 4.03. The molecule has 0 aliphatic carbocycles. The summed E-state index contributed by atoms with van der Waals surface area (Å²) in [6.07, 6.45) is 0.341. The van der Waals surface area contributed by atoms with E-state index in [9.17, 15) is 14.9 Å². The second-order valence-corrected chi connectivity index (χ2v) is 7.87. The summed E-state index contributed by atoms with van der Waals surface area (Å²) < 4.78 is 5.42. The molecule has 1 aliphatic rings. The lowest BCUT2D eigenvalue weighted by molar-refractivity contribution is -0.380. The number of piperazine rings is 1. The fraction of sp³-hybridized carbons (Fsp3) is 0.389. The third-order valence-electron chi connectivity index (χ3n) is 4.53. The lowest BCUT2D eigenvalue weighted by Crippen LogP contribution is -2.46. The van der Waals surface area contributed by atoms with Gasteiger partial charge in [-0.05, 0) is 12.1 Å². The number of anilines is 1. The molecule has 1 aromatic carbocycles. The van der Waals surface area contributed by atoms with E-state index in [1.807, 2.05) is 18.2 Å². The van der Waals surface area contributed by atoms with Crippen LogP contribution in [0, 0.1) is 10.1 Å². The van der Waals surface area contributed by atoms with E-state index in [1.165, 1.54) is 6.07 Å². The Labute approximate surface area is 154 Å². The second-order valence-electron chi connectivity index (χ2n) is 6.05. The number of nitro groups is 1. The standard InChI is InChI=1S/C18H22N3O4S/c1-25-16-6-3-2-5-15(16)20-12-10-19(11-13-20)9-8-18(22)26-14-4-7-17(26)21(23)24/h2-7,14H,8-13H2,1H3/q+1. The van der Waals surface area contributed by atoms with Gasteiger partial charge in [-0.1, -0.05) is 12.1 Å². The molecule has 3 rings (SSSR count). The van der Waals surface area contributed by atoms with Gasteiger partial charge in [0.05, 0.1) is 25.3 Å². The number of hydrogen-bond acceptors (Lipinski definition) is 6. The minimum Gasteiger partial charge on any atom is -0.495 e. The fourth-order valence-electron chi connectivity index (χ4n) is 3.14. The summed E-state index contributed by atoms with van der Waals surface area (Å²) in [6.45, 7) is 4.07. The number of para-hydroxylation sites is 2. The SMILES string of the molecule is COc1ccccc1N1CCN(CCC(=O)[s+]2cccc2[N+](=O)[O-])CC1. The van der Waals surface area contributed by atoms with Crippen molar-refractivity contribution in [2.24, 2.45) is 0 Å². The van der Waals surface area contributed by atoms with Gasteiger partial charge in [0.2, 0.25) is 0 Å². The molecule has 7 nitrogen and oxygen atoms in total. The van der Waals surface area contributed by atoms with Crippen molar-refractivity contribution in [1.29, 1.82) is 0 Å². The van der Waals surface area contributed by atoms with Crippen molar-refractivity contribution in [2.75, 3.05) is 44.7 Å². The zero-order valence-electron chi connectivity index (χ0n) is 14.7. The lowest BCUT2D eigenvalue weighted by atomic mass is 10.2. The van der Waals surface area contributed by atoms with E-state index in [1.54, 1.807) is 18.6 Å². The predicted molar refractivity (Wildman–Crippen MR) is 102 cm³/mol. The zero-order valence-corrected chi connectivity index (χ0v) is 15.5. The maximum absolute atomic E-state index is 12.3. The fourth-order valence-corrected chi connectivity index (χ4v) is 4.60. The molecular formula is C18H22N3O4S+. The molecule has 0 saturated carbocycles. The van der Waals surface area contributed by atoms with Crippen molar-refractivity contribution in [1.82, 2.24) is 4.90 Å². The molecule has 1 saturated heterocycles. The monoisotopic (exact) mass is 376 g/mol. The molecule has 0 bridgehead atoms. The van der Waals surface area contributed by atoms with Gasteiger partial charge in [-0.2, -0.15) is 0 Å². The molecule has 1 fully saturated rings. The van der Waals surface area contributed by atoms with Crippen molar-refractivity contribution < 1.29 is 14.5 Å². The number of carbonyl (C=O) groups excluding carboxylic acids is 1. The Balaban J connectivity index is 1.52. The first-order chi connectivity index (χ1) is 12.6. The summed E-state index contributed by atoms with van der Waals surface area (Å²) in [7, 11) is 0.677. The summed E-state index contributed by atoms with van der Waals surface area (Å²) >= 11 is 0. The first kappa shape index (κ1) is 18.3. The third-order valence-corrected chi connectivity index (χ3v) is 6.39. The molecule has 138 valence electrons. The van der Waals surface area contributed by atoms with E-state index >= 15 is 0 Å². The highest BCUT2D eigenvalue weighted by Crippen LogP contribution is 2.34. The van der Waals surface area contributed by atoms with E-state index in [0.29, 0.717) is 13.0 Å². The number of hydrogen-bond donors (Lipinski definition) is 0. The van der Waals surface area contributed by atoms with Crippen molar-refractivity contribution in [3.05, 3.63) is 51.9 Å². The van der Waals surface area contributed by atoms with Gasteiger partial charge < -0.3 is 9.64 Å². The number of methoxy groups -OCH3 is 1. The number of benzene rings is 1. The van der Waals surface area contributed by atoms with Crippen LogP contribution in [0.5, 0.6) is 5.75 Å². The topological polar surface area (TPSA) is 75.9 Å². The molecule has 1 aliphatic heterocycles. The summed E-state index contributed by atoms with van der Waals surface area (Å²) in [6, 6.07) is 11.0. The number of thiophene rings is 1. The predicted octanol–water partition coefficient (Wildman–Crippen LogP) is 3.21. The summed E-state index contributed by atoms with van der Waals surface area (Å²) in [4.78, 5) is 27.4. The molecule has 2 aromatic rings. The smallest absolute Gasteiger partial charge is 0.471 e. The van der Waals surface area contributed by atoms with E-state index in [4.69, 9.17) is 4.74 Å². The average molecular weight is 376 g/mol. The maximum Gasteiger partial charge on any atom is 0.471 e. The van der Waals surface area contributed by atoms with Crippen LogP contribution in [-0.4, -0.2) is 54.8 Å². The van der Waals surface area contributed by atoms with E-state index in [0.717, 1.165) is 37.6 Å². The van der Waals surface area contributed by atoms with Crippen LogP contribution in [0.1, 0.15) is 11.2 Å². The molecule has 1 aromatic heterocycles. The summed E-state index contributed by atoms with van der Waals surface area (Å²) in [5.41, 5.74) is 1.09. The minimum atomic E-state index is -0.996. The van der Waals surface area contributed by atoms with Gasteiger partial charge in [0, 0.05) is 38.8 Å². The Morgan fingerprint density at radius 2 is 1.92 bits per heavy atom. The Hall–Kier alpha value is -2.45. The van der Waals surface area contributed by atoms with Crippen LogP contribution in [0.3, 0.4) is 0 Å². The quantitative estimate of drug-likeness (QED) is 0.420. The van der Waals surface area contributed by atoms with Crippen molar-refractivity contribution in [3.8, 4) is 5.75 Å². The molecular weight excluding hydrogens is 354 g/mol. The molecule has 2 heterocycles. The molecule has 0 radical (unpaired) electrons. The Morgan fingerprint density at radius 3 is 2.62 bits per heavy atom.